The summed E-state index contributed by atoms with van der Waals surface area (Å²) in [5.74, 6) is -0.105. The third kappa shape index (κ3) is 4.54. The van der Waals surface area contributed by atoms with Gasteiger partial charge >= 0.3 is 0 Å². The zero-order valence-corrected chi connectivity index (χ0v) is 14.1. The number of nitrogens with zero attached hydrogens (tertiary/aromatic N) is 2. The summed E-state index contributed by atoms with van der Waals surface area (Å²) in [6.45, 7) is 4.82. The van der Waals surface area contributed by atoms with Crippen LogP contribution in [0.15, 0.2) is 42.7 Å². The molecule has 126 valence electrons. The molecular formula is C18H20ClN3O2. The van der Waals surface area contributed by atoms with Crippen LogP contribution in [0.1, 0.15) is 10.4 Å². The average Bonchev–Trinajstić information content (AvgIpc) is 2.63. The molecule has 6 heteroatoms. The van der Waals surface area contributed by atoms with E-state index >= 15 is 0 Å². The molecule has 2 heterocycles. The van der Waals surface area contributed by atoms with E-state index in [9.17, 15) is 4.79 Å². The van der Waals surface area contributed by atoms with Crippen molar-refractivity contribution in [3.05, 3.63) is 53.3 Å². The summed E-state index contributed by atoms with van der Waals surface area (Å²) in [5.41, 5.74) is 2.44. The molecule has 1 amide bonds. The molecule has 24 heavy (non-hydrogen) atoms. The first-order valence-electron chi connectivity index (χ1n) is 8.02. The minimum atomic E-state index is -0.105. The number of amides is 1. The standard InChI is InChI=1S/C18H20ClN3O2/c19-17-3-1-14(2-4-17)15-11-16(13-20-12-15)18(23)21-5-6-22-7-9-24-10-8-22/h1-4,11-13H,5-10H2,(H,21,23). The van der Waals surface area contributed by atoms with Gasteiger partial charge in [-0.2, -0.15) is 0 Å². The van der Waals surface area contributed by atoms with Crippen LogP contribution in [0.4, 0.5) is 0 Å². The van der Waals surface area contributed by atoms with Gasteiger partial charge in [0.2, 0.25) is 0 Å². The van der Waals surface area contributed by atoms with Crippen LogP contribution in [0.2, 0.25) is 5.02 Å². The van der Waals surface area contributed by atoms with Crippen LogP contribution in [0.25, 0.3) is 11.1 Å². The predicted molar refractivity (Wildman–Crippen MR) is 94.3 cm³/mol. The van der Waals surface area contributed by atoms with Gasteiger partial charge in [0.05, 0.1) is 18.8 Å². The fourth-order valence-corrected chi connectivity index (χ4v) is 2.74. The van der Waals surface area contributed by atoms with Crippen LogP contribution >= 0.6 is 11.6 Å². The second-order valence-corrected chi connectivity index (χ2v) is 6.12. The summed E-state index contributed by atoms with van der Waals surface area (Å²) in [4.78, 5) is 18.8. The number of hydrogen-bond donors (Lipinski definition) is 1. The second kappa shape index (κ2) is 8.24. The first kappa shape index (κ1) is 16.9. The predicted octanol–water partition coefficient (Wildman–Crippen LogP) is 2.46. The Labute approximate surface area is 146 Å². The van der Waals surface area contributed by atoms with Gasteiger partial charge in [0, 0.05) is 49.2 Å². The van der Waals surface area contributed by atoms with Gasteiger partial charge in [0.1, 0.15) is 0 Å². The summed E-state index contributed by atoms with van der Waals surface area (Å²) < 4.78 is 5.31. The highest BCUT2D eigenvalue weighted by Crippen LogP contribution is 2.21. The van der Waals surface area contributed by atoms with Crippen LogP contribution in [0.3, 0.4) is 0 Å². The van der Waals surface area contributed by atoms with Crippen molar-refractivity contribution in [3.63, 3.8) is 0 Å². The SMILES string of the molecule is O=C(NCCN1CCOCC1)c1cncc(-c2ccc(Cl)cc2)c1. The molecule has 1 fully saturated rings. The fourth-order valence-electron chi connectivity index (χ4n) is 2.62. The van der Waals surface area contributed by atoms with Crippen molar-refractivity contribution in [1.29, 1.82) is 0 Å². The molecule has 0 saturated carbocycles. The Bertz CT molecular complexity index is 685. The van der Waals surface area contributed by atoms with E-state index in [1.54, 1.807) is 12.4 Å². The number of ether oxygens (including phenoxy) is 1. The Morgan fingerprint density at radius 2 is 1.92 bits per heavy atom. The van der Waals surface area contributed by atoms with Crippen molar-refractivity contribution in [2.75, 3.05) is 39.4 Å². The van der Waals surface area contributed by atoms with Gasteiger partial charge in [-0.25, -0.2) is 0 Å². The summed E-state index contributed by atoms with van der Waals surface area (Å²) >= 11 is 5.91. The molecule has 0 spiro atoms. The normalized spacial score (nSPS) is 15.2. The Balaban J connectivity index is 1.58. The Morgan fingerprint density at radius 3 is 2.67 bits per heavy atom. The van der Waals surface area contributed by atoms with Gasteiger partial charge in [0.15, 0.2) is 0 Å². The molecule has 1 N–H and O–H groups in total. The minimum absolute atomic E-state index is 0.105. The number of pyridine rings is 1. The van der Waals surface area contributed by atoms with Gasteiger partial charge in [-0.1, -0.05) is 23.7 Å². The third-order valence-corrected chi connectivity index (χ3v) is 4.25. The highest BCUT2D eigenvalue weighted by Gasteiger charge is 2.11. The molecule has 3 rings (SSSR count). The number of aromatic nitrogens is 1. The van der Waals surface area contributed by atoms with Gasteiger partial charge in [0.25, 0.3) is 5.91 Å². The smallest absolute Gasteiger partial charge is 0.252 e. The zero-order chi connectivity index (χ0) is 16.8. The van der Waals surface area contributed by atoms with Crippen LogP contribution in [0, 0.1) is 0 Å². The van der Waals surface area contributed by atoms with Crippen molar-refractivity contribution in [2.24, 2.45) is 0 Å². The summed E-state index contributed by atoms with van der Waals surface area (Å²) in [6, 6.07) is 9.33. The van der Waals surface area contributed by atoms with Gasteiger partial charge in [-0.15, -0.1) is 0 Å². The van der Waals surface area contributed by atoms with E-state index in [1.807, 2.05) is 30.3 Å². The summed E-state index contributed by atoms with van der Waals surface area (Å²) in [5, 5.41) is 3.64. The number of carbonyl (C=O) groups is 1. The molecule has 1 aliphatic rings. The van der Waals surface area contributed by atoms with E-state index in [2.05, 4.69) is 15.2 Å². The maximum atomic E-state index is 12.3. The number of rotatable bonds is 5. The van der Waals surface area contributed by atoms with E-state index < -0.39 is 0 Å². The van der Waals surface area contributed by atoms with Crippen molar-refractivity contribution in [3.8, 4) is 11.1 Å². The molecule has 1 aromatic carbocycles. The number of morpholine rings is 1. The van der Waals surface area contributed by atoms with E-state index in [0.29, 0.717) is 17.1 Å². The van der Waals surface area contributed by atoms with Crippen molar-refractivity contribution in [1.82, 2.24) is 15.2 Å². The van der Waals surface area contributed by atoms with Crippen LogP contribution in [-0.4, -0.2) is 55.2 Å². The lowest BCUT2D eigenvalue weighted by atomic mass is 10.1. The highest BCUT2D eigenvalue weighted by molar-refractivity contribution is 6.30. The quantitative estimate of drug-likeness (QED) is 0.904. The molecule has 1 saturated heterocycles. The van der Waals surface area contributed by atoms with Gasteiger partial charge in [-0.05, 0) is 23.8 Å². The molecule has 0 atom stereocenters. The fraction of sp³-hybridized carbons (Fsp3) is 0.333. The number of carbonyl (C=O) groups excluding carboxylic acids is 1. The molecule has 0 aliphatic carbocycles. The van der Waals surface area contributed by atoms with Gasteiger partial charge < -0.3 is 10.1 Å². The lowest BCUT2D eigenvalue weighted by molar-refractivity contribution is 0.0383. The molecular weight excluding hydrogens is 326 g/mol. The molecule has 2 aromatic rings. The monoisotopic (exact) mass is 345 g/mol. The molecule has 1 aliphatic heterocycles. The largest absolute Gasteiger partial charge is 0.379 e. The van der Waals surface area contributed by atoms with Crippen molar-refractivity contribution >= 4 is 17.5 Å². The van der Waals surface area contributed by atoms with Crippen molar-refractivity contribution < 1.29 is 9.53 Å². The van der Waals surface area contributed by atoms with E-state index in [1.165, 1.54) is 0 Å². The van der Waals surface area contributed by atoms with Gasteiger partial charge in [-0.3, -0.25) is 14.7 Å². The third-order valence-electron chi connectivity index (χ3n) is 4.00. The maximum absolute atomic E-state index is 12.3. The topological polar surface area (TPSA) is 54.5 Å². The summed E-state index contributed by atoms with van der Waals surface area (Å²) in [6.07, 6.45) is 3.33. The Morgan fingerprint density at radius 1 is 1.17 bits per heavy atom. The van der Waals surface area contributed by atoms with E-state index in [0.717, 1.165) is 44.0 Å². The van der Waals surface area contributed by atoms with Crippen LogP contribution < -0.4 is 5.32 Å². The highest BCUT2D eigenvalue weighted by atomic mass is 35.5. The van der Waals surface area contributed by atoms with Crippen LogP contribution in [0.5, 0.6) is 0 Å². The lowest BCUT2D eigenvalue weighted by Crippen LogP contribution is -2.41. The molecule has 0 bridgehead atoms. The first-order chi connectivity index (χ1) is 11.7. The number of benzene rings is 1. The number of nitrogens with one attached hydrogen (secondary N) is 1. The van der Waals surface area contributed by atoms with E-state index in [4.69, 9.17) is 16.3 Å². The Hall–Kier alpha value is -1.95. The lowest BCUT2D eigenvalue weighted by Gasteiger charge is -2.26. The second-order valence-electron chi connectivity index (χ2n) is 5.68. The van der Waals surface area contributed by atoms with Crippen molar-refractivity contribution in [2.45, 2.75) is 0 Å². The number of halogens is 1. The Kier molecular flexibility index (Phi) is 5.80. The first-order valence-corrected chi connectivity index (χ1v) is 8.39. The van der Waals surface area contributed by atoms with E-state index in [-0.39, 0.29) is 5.91 Å². The molecule has 0 radical (unpaired) electrons. The average molecular weight is 346 g/mol. The summed E-state index contributed by atoms with van der Waals surface area (Å²) in [7, 11) is 0. The minimum Gasteiger partial charge on any atom is -0.379 e. The maximum Gasteiger partial charge on any atom is 0.252 e. The van der Waals surface area contributed by atoms with Crippen LogP contribution in [-0.2, 0) is 4.74 Å². The number of hydrogen-bond acceptors (Lipinski definition) is 4. The molecule has 0 unspecified atom stereocenters. The molecule has 1 aromatic heterocycles. The molecule has 5 nitrogen and oxygen atoms in total. The zero-order valence-electron chi connectivity index (χ0n) is 13.4.